The number of halogens is 2. The largest absolute Gasteiger partial charge is 0.380 e. The van der Waals surface area contributed by atoms with Crippen molar-refractivity contribution in [3.05, 3.63) is 71.5 Å². The van der Waals surface area contributed by atoms with Gasteiger partial charge in [-0.2, -0.15) is 0 Å². The highest BCUT2D eigenvalue weighted by Crippen LogP contribution is 2.27. The van der Waals surface area contributed by atoms with Crippen molar-refractivity contribution in [2.24, 2.45) is 0 Å². The lowest BCUT2D eigenvalue weighted by Crippen LogP contribution is -2.01. The van der Waals surface area contributed by atoms with Crippen LogP contribution in [-0.2, 0) is 6.54 Å². The van der Waals surface area contributed by atoms with Gasteiger partial charge >= 0.3 is 0 Å². The topological polar surface area (TPSA) is 12.0 Å². The fraction of sp³-hybridized carbons (Fsp3) is 0.125. The lowest BCUT2D eigenvalue weighted by molar-refractivity contribution is 0.627. The van der Waals surface area contributed by atoms with Gasteiger partial charge in [-0.15, -0.1) is 18.3 Å². The van der Waals surface area contributed by atoms with E-state index in [1.165, 1.54) is 11.0 Å². The molecule has 20 heavy (non-hydrogen) atoms. The van der Waals surface area contributed by atoms with E-state index < -0.39 is 5.82 Å². The molecule has 0 unspecified atom stereocenters. The zero-order valence-electron chi connectivity index (χ0n) is 10.9. The van der Waals surface area contributed by atoms with Crippen LogP contribution in [0.5, 0.6) is 0 Å². The Hall–Kier alpha value is -1.45. The summed E-state index contributed by atoms with van der Waals surface area (Å²) in [5, 5.41) is 3.50. The molecule has 0 aliphatic heterocycles. The SMILES string of the molecule is C=CCSc1ccccc1NCc1ccc(F)c(Cl)c1. The van der Waals surface area contributed by atoms with Crippen LogP contribution in [0, 0.1) is 5.82 Å². The first-order valence-electron chi connectivity index (χ1n) is 6.21. The number of rotatable bonds is 6. The molecule has 4 heteroatoms. The Bertz CT molecular complexity index is 601. The zero-order chi connectivity index (χ0) is 14.4. The molecule has 2 aromatic carbocycles. The molecular formula is C16H15ClFNS. The number of anilines is 1. The van der Waals surface area contributed by atoms with Crippen molar-refractivity contribution in [3.63, 3.8) is 0 Å². The molecule has 0 aliphatic carbocycles. The van der Waals surface area contributed by atoms with Crippen molar-refractivity contribution in [2.75, 3.05) is 11.1 Å². The van der Waals surface area contributed by atoms with Crippen molar-refractivity contribution in [1.29, 1.82) is 0 Å². The lowest BCUT2D eigenvalue weighted by Gasteiger charge is -2.11. The molecule has 0 atom stereocenters. The van der Waals surface area contributed by atoms with Crippen LogP contribution in [0.15, 0.2) is 60.0 Å². The third kappa shape index (κ3) is 4.02. The van der Waals surface area contributed by atoms with Crippen molar-refractivity contribution in [1.82, 2.24) is 0 Å². The Kier molecular flexibility index (Phi) is 5.50. The third-order valence-electron chi connectivity index (χ3n) is 2.71. The zero-order valence-corrected chi connectivity index (χ0v) is 12.5. The van der Waals surface area contributed by atoms with Crippen LogP contribution in [0.25, 0.3) is 0 Å². The molecule has 0 fully saturated rings. The lowest BCUT2D eigenvalue weighted by atomic mass is 10.2. The number of nitrogens with one attached hydrogen (secondary N) is 1. The van der Waals surface area contributed by atoms with Gasteiger partial charge < -0.3 is 5.32 Å². The molecule has 0 radical (unpaired) electrons. The van der Waals surface area contributed by atoms with Crippen LogP contribution >= 0.6 is 23.4 Å². The van der Waals surface area contributed by atoms with Gasteiger partial charge in [-0.25, -0.2) is 4.39 Å². The van der Waals surface area contributed by atoms with E-state index in [1.54, 1.807) is 23.9 Å². The highest BCUT2D eigenvalue weighted by Gasteiger charge is 2.03. The minimum atomic E-state index is -0.391. The molecule has 1 N–H and O–H groups in total. The first-order valence-corrected chi connectivity index (χ1v) is 7.57. The van der Waals surface area contributed by atoms with Gasteiger partial charge in [0.05, 0.1) is 5.02 Å². The van der Waals surface area contributed by atoms with E-state index in [9.17, 15) is 4.39 Å². The van der Waals surface area contributed by atoms with E-state index >= 15 is 0 Å². The molecule has 0 amide bonds. The number of para-hydroxylation sites is 1. The van der Waals surface area contributed by atoms with Gasteiger partial charge in [0.2, 0.25) is 0 Å². The second-order valence-electron chi connectivity index (χ2n) is 4.20. The maximum Gasteiger partial charge on any atom is 0.141 e. The molecule has 0 heterocycles. The van der Waals surface area contributed by atoms with Crippen LogP contribution in [0.2, 0.25) is 5.02 Å². The highest BCUT2D eigenvalue weighted by atomic mass is 35.5. The highest BCUT2D eigenvalue weighted by molar-refractivity contribution is 7.99. The Morgan fingerprint density at radius 1 is 1.25 bits per heavy atom. The number of hydrogen-bond acceptors (Lipinski definition) is 2. The van der Waals surface area contributed by atoms with Crippen LogP contribution in [-0.4, -0.2) is 5.75 Å². The van der Waals surface area contributed by atoms with Crippen LogP contribution < -0.4 is 5.32 Å². The Morgan fingerprint density at radius 2 is 2.05 bits per heavy atom. The normalized spacial score (nSPS) is 10.3. The van der Waals surface area contributed by atoms with E-state index in [0.29, 0.717) is 6.54 Å². The van der Waals surface area contributed by atoms with Gasteiger partial charge in [0.15, 0.2) is 0 Å². The molecule has 2 aromatic rings. The summed E-state index contributed by atoms with van der Waals surface area (Å²) in [6.07, 6.45) is 1.88. The predicted octanol–water partition coefficient (Wildman–Crippen LogP) is 5.37. The number of thioether (sulfide) groups is 1. The molecule has 0 spiro atoms. The van der Waals surface area contributed by atoms with Gasteiger partial charge in [0.1, 0.15) is 5.82 Å². The predicted molar refractivity (Wildman–Crippen MR) is 86.1 cm³/mol. The van der Waals surface area contributed by atoms with Gasteiger partial charge in [0, 0.05) is 22.9 Å². The number of hydrogen-bond donors (Lipinski definition) is 1. The summed E-state index contributed by atoms with van der Waals surface area (Å²) in [4.78, 5) is 1.17. The maximum absolute atomic E-state index is 13.1. The summed E-state index contributed by atoms with van der Waals surface area (Å²) in [6.45, 7) is 4.33. The minimum Gasteiger partial charge on any atom is -0.380 e. The molecule has 0 bridgehead atoms. The van der Waals surface area contributed by atoms with Crippen molar-refractivity contribution >= 4 is 29.1 Å². The Balaban J connectivity index is 2.06. The molecule has 1 nitrogen and oxygen atoms in total. The molecule has 0 saturated heterocycles. The molecule has 0 aromatic heterocycles. The van der Waals surface area contributed by atoms with Crippen LogP contribution in [0.3, 0.4) is 0 Å². The first kappa shape index (κ1) is 14.9. The number of benzene rings is 2. The van der Waals surface area contributed by atoms with Crippen LogP contribution in [0.1, 0.15) is 5.56 Å². The fourth-order valence-electron chi connectivity index (χ4n) is 1.73. The van der Waals surface area contributed by atoms with E-state index in [2.05, 4.69) is 18.0 Å². The van der Waals surface area contributed by atoms with Crippen LogP contribution in [0.4, 0.5) is 10.1 Å². The van der Waals surface area contributed by atoms with E-state index in [1.807, 2.05) is 24.3 Å². The second kappa shape index (κ2) is 7.36. The van der Waals surface area contributed by atoms with E-state index in [-0.39, 0.29) is 5.02 Å². The summed E-state index contributed by atoms with van der Waals surface area (Å²) in [5.74, 6) is 0.471. The fourth-order valence-corrected chi connectivity index (χ4v) is 2.71. The quantitative estimate of drug-likeness (QED) is 0.569. The summed E-state index contributed by atoms with van der Waals surface area (Å²) in [6, 6.07) is 12.8. The van der Waals surface area contributed by atoms with Crippen molar-refractivity contribution < 1.29 is 4.39 Å². The van der Waals surface area contributed by atoms with Crippen molar-refractivity contribution in [2.45, 2.75) is 11.4 Å². The summed E-state index contributed by atoms with van der Waals surface area (Å²) < 4.78 is 13.1. The van der Waals surface area contributed by atoms with Gasteiger partial charge in [0.25, 0.3) is 0 Å². The average molecular weight is 308 g/mol. The molecule has 104 valence electrons. The Morgan fingerprint density at radius 3 is 2.80 bits per heavy atom. The molecule has 0 aliphatic rings. The molecular weight excluding hydrogens is 293 g/mol. The van der Waals surface area contributed by atoms with Gasteiger partial charge in [-0.05, 0) is 29.8 Å². The third-order valence-corrected chi connectivity index (χ3v) is 4.07. The maximum atomic E-state index is 13.1. The van der Waals surface area contributed by atoms with Gasteiger partial charge in [-0.3, -0.25) is 0 Å². The van der Waals surface area contributed by atoms with Crippen molar-refractivity contribution in [3.8, 4) is 0 Å². The molecule has 2 rings (SSSR count). The standard InChI is InChI=1S/C16H15ClFNS/c1-2-9-20-16-6-4-3-5-15(16)19-11-12-7-8-14(18)13(17)10-12/h2-8,10,19H,1,9,11H2. The summed E-state index contributed by atoms with van der Waals surface area (Å²) >= 11 is 7.50. The van der Waals surface area contributed by atoms with Gasteiger partial charge in [-0.1, -0.05) is 35.9 Å². The van der Waals surface area contributed by atoms with E-state index in [4.69, 9.17) is 11.6 Å². The smallest absolute Gasteiger partial charge is 0.141 e. The summed E-state index contributed by atoms with van der Waals surface area (Å²) in [7, 11) is 0. The monoisotopic (exact) mass is 307 g/mol. The van der Waals surface area contributed by atoms with E-state index in [0.717, 1.165) is 17.0 Å². The second-order valence-corrected chi connectivity index (χ2v) is 5.67. The molecule has 0 saturated carbocycles. The Labute approximate surface area is 127 Å². The average Bonchev–Trinajstić information content (AvgIpc) is 2.47. The summed E-state index contributed by atoms with van der Waals surface area (Å²) in [5.41, 5.74) is 2.00. The first-order chi connectivity index (χ1) is 9.70. The minimum absolute atomic E-state index is 0.151.